The van der Waals surface area contributed by atoms with Gasteiger partial charge in [0.1, 0.15) is 0 Å². The van der Waals surface area contributed by atoms with E-state index in [-0.39, 0.29) is 17.6 Å². The summed E-state index contributed by atoms with van der Waals surface area (Å²) in [7, 11) is 1.45. The molecule has 1 aromatic heterocycles. The largest absolute Gasteiger partial charge is 0.494 e. The smallest absolute Gasteiger partial charge is 0.168 e. The Hall–Kier alpha value is -1.57. The van der Waals surface area contributed by atoms with Crippen molar-refractivity contribution in [2.24, 2.45) is 5.84 Å². The number of nitrogens with two attached hydrogens (primary N) is 1. The number of methoxy groups -OCH3 is 1. The summed E-state index contributed by atoms with van der Waals surface area (Å²) in [5.74, 6) is 5.53. The quantitative estimate of drug-likeness (QED) is 0.607. The Labute approximate surface area is 127 Å². The maximum absolute atomic E-state index is 14.2. The first kappa shape index (κ1) is 15.8. The Balaban J connectivity index is 2.25. The zero-order valence-corrected chi connectivity index (χ0v) is 12.9. The van der Waals surface area contributed by atoms with Crippen molar-refractivity contribution < 1.29 is 9.13 Å². The summed E-state index contributed by atoms with van der Waals surface area (Å²) in [5, 5.41) is 4.13. The lowest BCUT2D eigenvalue weighted by molar-refractivity contribution is 0.382. The molecule has 0 fully saturated rings. The molecule has 2 aromatic rings. The summed E-state index contributed by atoms with van der Waals surface area (Å²) in [6.45, 7) is 2.08. The molecule has 7 heteroatoms. The second kappa shape index (κ2) is 7.44. The molecule has 114 valence electrons. The zero-order valence-electron chi connectivity index (χ0n) is 12.1. The predicted molar refractivity (Wildman–Crippen MR) is 80.6 cm³/mol. The van der Waals surface area contributed by atoms with E-state index in [1.54, 1.807) is 18.2 Å². The van der Waals surface area contributed by atoms with Crippen LogP contribution < -0.4 is 16.0 Å². The minimum Gasteiger partial charge on any atom is -0.494 e. The second-order valence-corrected chi connectivity index (χ2v) is 5.48. The molecular formula is C14H19FN4OS. The van der Waals surface area contributed by atoms with Gasteiger partial charge in [0.25, 0.3) is 0 Å². The van der Waals surface area contributed by atoms with E-state index < -0.39 is 0 Å². The molecule has 1 atom stereocenters. The van der Waals surface area contributed by atoms with Gasteiger partial charge in [0.2, 0.25) is 0 Å². The van der Waals surface area contributed by atoms with Crippen molar-refractivity contribution >= 4 is 11.5 Å². The van der Waals surface area contributed by atoms with Gasteiger partial charge in [0.15, 0.2) is 11.6 Å². The lowest BCUT2D eigenvalue weighted by Gasteiger charge is -2.16. The first-order valence-electron chi connectivity index (χ1n) is 6.79. The van der Waals surface area contributed by atoms with Crippen LogP contribution in [0.1, 0.15) is 35.5 Å². The molecule has 2 rings (SSSR count). The molecule has 0 radical (unpaired) electrons. The minimum atomic E-state index is -0.352. The fraction of sp³-hybridized carbons (Fsp3) is 0.429. The topological polar surface area (TPSA) is 73.1 Å². The van der Waals surface area contributed by atoms with E-state index >= 15 is 0 Å². The van der Waals surface area contributed by atoms with Crippen molar-refractivity contribution in [1.29, 1.82) is 0 Å². The van der Waals surface area contributed by atoms with E-state index in [2.05, 4.69) is 21.9 Å². The summed E-state index contributed by atoms with van der Waals surface area (Å²) < 4.78 is 23.2. The summed E-state index contributed by atoms with van der Waals surface area (Å²) in [6, 6.07) is 4.88. The molecule has 3 N–H and O–H groups in total. The molecule has 1 heterocycles. The van der Waals surface area contributed by atoms with Gasteiger partial charge in [-0.2, -0.15) is 0 Å². The molecule has 0 bridgehead atoms. The third kappa shape index (κ3) is 3.55. The van der Waals surface area contributed by atoms with Gasteiger partial charge in [-0.05, 0) is 36.0 Å². The first-order valence-corrected chi connectivity index (χ1v) is 7.57. The third-order valence-electron chi connectivity index (χ3n) is 3.28. The number of hydrogen-bond acceptors (Lipinski definition) is 6. The normalized spacial score (nSPS) is 12.4. The number of hydrogen-bond donors (Lipinski definition) is 2. The van der Waals surface area contributed by atoms with Crippen LogP contribution in [0.15, 0.2) is 18.2 Å². The van der Waals surface area contributed by atoms with Gasteiger partial charge in [0, 0.05) is 0 Å². The fourth-order valence-corrected chi connectivity index (χ4v) is 2.96. The van der Waals surface area contributed by atoms with Crippen LogP contribution in [-0.4, -0.2) is 16.7 Å². The number of aromatic nitrogens is 2. The van der Waals surface area contributed by atoms with Crippen LogP contribution >= 0.6 is 11.5 Å². The van der Waals surface area contributed by atoms with Crippen molar-refractivity contribution in [3.63, 3.8) is 0 Å². The van der Waals surface area contributed by atoms with Gasteiger partial charge >= 0.3 is 0 Å². The van der Waals surface area contributed by atoms with Crippen LogP contribution in [-0.2, 0) is 12.8 Å². The van der Waals surface area contributed by atoms with E-state index in [1.807, 2.05) is 0 Å². The molecule has 0 saturated carbocycles. The second-order valence-electron chi connectivity index (χ2n) is 4.69. The van der Waals surface area contributed by atoms with Crippen LogP contribution in [0.4, 0.5) is 4.39 Å². The summed E-state index contributed by atoms with van der Waals surface area (Å²) in [4.78, 5) is 0.960. The Morgan fingerprint density at radius 1 is 1.48 bits per heavy atom. The van der Waals surface area contributed by atoms with Crippen LogP contribution in [0.2, 0.25) is 0 Å². The van der Waals surface area contributed by atoms with Crippen molar-refractivity contribution in [2.75, 3.05) is 7.11 Å². The van der Waals surface area contributed by atoms with Crippen molar-refractivity contribution in [3.8, 4) is 5.75 Å². The van der Waals surface area contributed by atoms with E-state index in [0.29, 0.717) is 12.0 Å². The predicted octanol–water partition coefficient (Wildman–Crippen LogP) is 2.39. The van der Waals surface area contributed by atoms with E-state index in [4.69, 9.17) is 10.6 Å². The standard InChI is InChI=1S/C14H19FN4OS/c1-3-5-10-14(21-19-18-10)11(17-16)8-9-6-4-7-12(20-2)13(9)15/h4,6-7,11,17H,3,5,8,16H2,1-2H3. The molecule has 5 nitrogen and oxygen atoms in total. The minimum absolute atomic E-state index is 0.215. The summed E-state index contributed by atoms with van der Waals surface area (Å²) in [5.41, 5.74) is 4.21. The number of halogens is 1. The molecular weight excluding hydrogens is 291 g/mol. The van der Waals surface area contributed by atoms with Gasteiger partial charge in [0.05, 0.1) is 23.7 Å². The highest BCUT2D eigenvalue weighted by Crippen LogP contribution is 2.28. The molecule has 0 aliphatic rings. The van der Waals surface area contributed by atoms with Crippen LogP contribution in [0, 0.1) is 5.82 Å². The number of benzene rings is 1. The fourth-order valence-electron chi connectivity index (χ4n) is 2.21. The van der Waals surface area contributed by atoms with Gasteiger partial charge in [-0.3, -0.25) is 11.3 Å². The summed E-state index contributed by atoms with van der Waals surface area (Å²) >= 11 is 1.30. The SMILES string of the molecule is CCCc1nnsc1C(Cc1cccc(OC)c1F)NN. The number of aryl methyl sites for hydroxylation is 1. The molecule has 1 unspecified atom stereocenters. The molecule has 1 aromatic carbocycles. The van der Waals surface area contributed by atoms with Crippen LogP contribution in [0.25, 0.3) is 0 Å². The molecule has 0 saturated heterocycles. The maximum Gasteiger partial charge on any atom is 0.168 e. The highest BCUT2D eigenvalue weighted by molar-refractivity contribution is 7.05. The molecule has 21 heavy (non-hydrogen) atoms. The number of nitrogens with zero attached hydrogens (tertiary/aromatic N) is 2. The Bertz CT molecular complexity index is 590. The van der Waals surface area contributed by atoms with Gasteiger partial charge in [-0.1, -0.05) is 30.0 Å². The van der Waals surface area contributed by atoms with E-state index in [0.717, 1.165) is 23.4 Å². The lowest BCUT2D eigenvalue weighted by Crippen LogP contribution is -2.30. The lowest BCUT2D eigenvalue weighted by atomic mass is 10.0. The van der Waals surface area contributed by atoms with Gasteiger partial charge < -0.3 is 4.74 Å². The van der Waals surface area contributed by atoms with E-state index in [9.17, 15) is 4.39 Å². The molecule has 0 amide bonds. The average Bonchev–Trinajstić information content (AvgIpc) is 2.95. The highest BCUT2D eigenvalue weighted by Gasteiger charge is 2.20. The maximum atomic E-state index is 14.2. The number of nitrogens with one attached hydrogen (secondary N) is 1. The Kier molecular flexibility index (Phi) is 5.60. The first-order chi connectivity index (χ1) is 10.2. The highest BCUT2D eigenvalue weighted by atomic mass is 32.1. The van der Waals surface area contributed by atoms with E-state index in [1.165, 1.54) is 18.6 Å². The number of ether oxygens (including phenoxy) is 1. The number of hydrazine groups is 1. The van der Waals surface area contributed by atoms with Gasteiger partial charge in [-0.25, -0.2) is 4.39 Å². The Morgan fingerprint density at radius 3 is 2.95 bits per heavy atom. The summed E-state index contributed by atoms with van der Waals surface area (Å²) in [6.07, 6.45) is 2.23. The molecule has 0 aliphatic heterocycles. The Morgan fingerprint density at radius 2 is 2.29 bits per heavy atom. The van der Waals surface area contributed by atoms with Crippen LogP contribution in [0.5, 0.6) is 5.75 Å². The average molecular weight is 310 g/mol. The van der Waals surface area contributed by atoms with Crippen molar-refractivity contribution in [3.05, 3.63) is 40.2 Å². The van der Waals surface area contributed by atoms with Gasteiger partial charge in [-0.15, -0.1) is 5.10 Å². The van der Waals surface area contributed by atoms with Crippen molar-refractivity contribution in [1.82, 2.24) is 15.0 Å². The third-order valence-corrected chi connectivity index (χ3v) is 4.16. The molecule has 0 spiro atoms. The zero-order chi connectivity index (χ0) is 15.2. The number of rotatable bonds is 7. The van der Waals surface area contributed by atoms with Crippen LogP contribution in [0.3, 0.4) is 0 Å². The monoisotopic (exact) mass is 310 g/mol. The van der Waals surface area contributed by atoms with Crippen molar-refractivity contribution in [2.45, 2.75) is 32.2 Å². The molecule has 0 aliphatic carbocycles.